The van der Waals surface area contributed by atoms with Crippen molar-refractivity contribution in [2.75, 3.05) is 12.3 Å². The number of halogens is 3. The Labute approximate surface area is 126 Å². The van der Waals surface area contributed by atoms with E-state index in [1.807, 2.05) is 0 Å². The first-order valence-corrected chi connectivity index (χ1v) is 7.49. The van der Waals surface area contributed by atoms with Gasteiger partial charge in [-0.3, -0.25) is 0 Å². The Morgan fingerprint density at radius 2 is 1.95 bits per heavy atom. The molecule has 0 heterocycles. The van der Waals surface area contributed by atoms with E-state index in [-0.39, 0.29) is 5.56 Å². The van der Waals surface area contributed by atoms with Crippen molar-refractivity contribution < 1.29 is 22.8 Å². The van der Waals surface area contributed by atoms with Crippen LogP contribution >= 0.6 is 12.0 Å². The maximum atomic E-state index is 12.7. The molecule has 1 atom stereocenters. The molecule has 0 radical (unpaired) electrons. The molecule has 0 fully saturated rings. The zero-order chi connectivity index (χ0) is 16.1. The van der Waals surface area contributed by atoms with Gasteiger partial charge in [0.2, 0.25) is 0 Å². The minimum Gasteiger partial charge on any atom is -0.387 e. The molecule has 1 aromatic carbocycles. The lowest BCUT2D eigenvalue weighted by atomic mass is 9.90. The highest BCUT2D eigenvalue weighted by Crippen LogP contribution is 2.33. The topological polar surface area (TPSA) is 52.5 Å². The molecular formula is C14H20F3NO2S. The summed E-state index contributed by atoms with van der Waals surface area (Å²) in [7, 11) is 0. The van der Waals surface area contributed by atoms with Gasteiger partial charge in [0.25, 0.3) is 0 Å². The van der Waals surface area contributed by atoms with Crippen LogP contribution in [0.25, 0.3) is 0 Å². The summed E-state index contributed by atoms with van der Waals surface area (Å²) < 4.78 is 46.7. The zero-order valence-corrected chi connectivity index (χ0v) is 12.8. The van der Waals surface area contributed by atoms with Gasteiger partial charge in [0.1, 0.15) is 0 Å². The van der Waals surface area contributed by atoms with Crippen LogP contribution in [0.1, 0.15) is 37.5 Å². The fourth-order valence-corrected chi connectivity index (χ4v) is 2.22. The number of hydrogen-bond donors (Lipinski definition) is 3. The normalized spacial score (nSPS) is 14.2. The molecule has 0 amide bonds. The Bertz CT molecular complexity index is 452. The van der Waals surface area contributed by atoms with Crippen LogP contribution in [0.3, 0.4) is 0 Å². The molecule has 0 spiro atoms. The molecule has 7 heteroatoms. The Morgan fingerprint density at radius 3 is 2.52 bits per heavy atom. The SMILES string of the molecule is CC(C)(NCCCSO)C(O)c1cccc(C(F)(F)F)c1. The van der Waals surface area contributed by atoms with E-state index >= 15 is 0 Å². The van der Waals surface area contributed by atoms with E-state index in [0.717, 1.165) is 24.2 Å². The third-order valence-electron chi connectivity index (χ3n) is 3.21. The molecule has 0 bridgehead atoms. The van der Waals surface area contributed by atoms with E-state index in [0.29, 0.717) is 18.7 Å². The lowest BCUT2D eigenvalue weighted by Crippen LogP contribution is -2.45. The number of hydrogen-bond acceptors (Lipinski definition) is 4. The molecule has 0 saturated carbocycles. The molecule has 3 nitrogen and oxygen atoms in total. The monoisotopic (exact) mass is 323 g/mol. The van der Waals surface area contributed by atoms with Crippen molar-refractivity contribution in [2.45, 2.75) is 38.1 Å². The first-order chi connectivity index (χ1) is 9.68. The maximum absolute atomic E-state index is 12.7. The molecule has 21 heavy (non-hydrogen) atoms. The lowest BCUT2D eigenvalue weighted by Gasteiger charge is -2.32. The average molecular weight is 323 g/mol. The summed E-state index contributed by atoms with van der Waals surface area (Å²) in [5, 5.41) is 13.4. The molecule has 0 aliphatic rings. The van der Waals surface area contributed by atoms with E-state index in [4.69, 9.17) is 4.55 Å². The summed E-state index contributed by atoms with van der Waals surface area (Å²) >= 11 is 0.734. The van der Waals surface area contributed by atoms with E-state index in [1.54, 1.807) is 13.8 Å². The highest BCUT2D eigenvalue weighted by molar-refractivity contribution is 7.93. The number of nitrogens with one attached hydrogen (secondary N) is 1. The molecule has 0 aromatic heterocycles. The molecule has 1 aromatic rings. The van der Waals surface area contributed by atoms with Gasteiger partial charge in [-0.05, 0) is 56.6 Å². The summed E-state index contributed by atoms with van der Waals surface area (Å²) in [5.74, 6) is 0.558. The van der Waals surface area contributed by atoms with Crippen molar-refractivity contribution in [2.24, 2.45) is 0 Å². The molecule has 0 saturated heterocycles. The maximum Gasteiger partial charge on any atom is 0.416 e. The number of alkyl halides is 3. The molecule has 0 aliphatic heterocycles. The van der Waals surface area contributed by atoms with Gasteiger partial charge in [-0.1, -0.05) is 12.1 Å². The molecular weight excluding hydrogens is 303 g/mol. The fraction of sp³-hybridized carbons (Fsp3) is 0.571. The molecule has 1 rings (SSSR count). The van der Waals surface area contributed by atoms with Crippen LogP contribution in [0.4, 0.5) is 13.2 Å². The predicted octanol–water partition coefficient (Wildman–Crippen LogP) is 3.70. The second kappa shape index (κ2) is 7.49. The van der Waals surface area contributed by atoms with Crippen molar-refractivity contribution in [3.8, 4) is 0 Å². The van der Waals surface area contributed by atoms with Crippen LogP contribution in [0.2, 0.25) is 0 Å². The summed E-state index contributed by atoms with van der Waals surface area (Å²) in [6.07, 6.45) is -4.80. The molecule has 1 unspecified atom stereocenters. The average Bonchev–Trinajstić information content (AvgIpc) is 2.42. The summed E-state index contributed by atoms with van der Waals surface area (Å²) in [5.41, 5.74) is -1.32. The van der Waals surface area contributed by atoms with Crippen LogP contribution in [-0.2, 0) is 6.18 Å². The summed E-state index contributed by atoms with van der Waals surface area (Å²) in [4.78, 5) is 0. The Hall–Kier alpha value is -0.760. The van der Waals surface area contributed by atoms with Crippen molar-refractivity contribution in [3.05, 3.63) is 35.4 Å². The van der Waals surface area contributed by atoms with Gasteiger partial charge < -0.3 is 15.0 Å². The third kappa shape index (κ3) is 5.50. The Morgan fingerprint density at radius 1 is 1.29 bits per heavy atom. The third-order valence-corrected chi connectivity index (χ3v) is 3.68. The van der Waals surface area contributed by atoms with Crippen molar-refractivity contribution in [1.82, 2.24) is 5.32 Å². The van der Waals surface area contributed by atoms with Gasteiger partial charge >= 0.3 is 6.18 Å². The summed E-state index contributed by atoms with van der Waals surface area (Å²) in [6.45, 7) is 4.00. The smallest absolute Gasteiger partial charge is 0.387 e. The number of aliphatic hydroxyl groups excluding tert-OH is 1. The zero-order valence-electron chi connectivity index (χ0n) is 11.9. The Balaban J connectivity index is 2.79. The number of aliphatic hydroxyl groups is 1. The largest absolute Gasteiger partial charge is 0.416 e. The van der Waals surface area contributed by atoms with Crippen molar-refractivity contribution in [3.63, 3.8) is 0 Å². The fourth-order valence-electron chi connectivity index (χ4n) is 1.95. The van der Waals surface area contributed by atoms with Gasteiger partial charge in [-0.25, -0.2) is 0 Å². The highest BCUT2D eigenvalue weighted by Gasteiger charge is 2.33. The predicted molar refractivity (Wildman–Crippen MR) is 78.2 cm³/mol. The van der Waals surface area contributed by atoms with Gasteiger partial charge in [0, 0.05) is 11.3 Å². The van der Waals surface area contributed by atoms with Gasteiger partial charge in [-0.2, -0.15) is 13.2 Å². The van der Waals surface area contributed by atoms with E-state index in [9.17, 15) is 18.3 Å². The van der Waals surface area contributed by atoms with Crippen LogP contribution in [-0.4, -0.2) is 27.5 Å². The van der Waals surface area contributed by atoms with E-state index < -0.39 is 23.4 Å². The quantitative estimate of drug-likeness (QED) is 0.529. The van der Waals surface area contributed by atoms with Crippen LogP contribution in [0.5, 0.6) is 0 Å². The van der Waals surface area contributed by atoms with E-state index in [2.05, 4.69) is 5.32 Å². The number of benzene rings is 1. The minimum absolute atomic E-state index is 0.221. The van der Waals surface area contributed by atoms with Crippen LogP contribution < -0.4 is 5.32 Å². The first-order valence-electron chi connectivity index (χ1n) is 6.55. The Kier molecular flexibility index (Phi) is 6.52. The second-order valence-electron chi connectivity index (χ2n) is 5.36. The second-order valence-corrected chi connectivity index (χ2v) is 6.03. The first kappa shape index (κ1) is 18.3. The van der Waals surface area contributed by atoms with Crippen LogP contribution in [0, 0.1) is 0 Å². The minimum atomic E-state index is -4.42. The van der Waals surface area contributed by atoms with Crippen LogP contribution in [0.15, 0.2) is 24.3 Å². The van der Waals surface area contributed by atoms with E-state index in [1.165, 1.54) is 12.1 Å². The highest BCUT2D eigenvalue weighted by atomic mass is 32.2. The van der Waals surface area contributed by atoms with Gasteiger partial charge in [-0.15, -0.1) is 0 Å². The van der Waals surface area contributed by atoms with Gasteiger partial charge in [0.15, 0.2) is 0 Å². The van der Waals surface area contributed by atoms with Gasteiger partial charge in [0.05, 0.1) is 11.7 Å². The summed E-state index contributed by atoms with van der Waals surface area (Å²) in [6, 6.07) is 4.72. The van der Waals surface area contributed by atoms with Crippen molar-refractivity contribution >= 4 is 12.0 Å². The number of rotatable bonds is 7. The standard InChI is InChI=1S/C14H20F3NO2S/c1-13(2,18-7-4-8-21-20)12(19)10-5-3-6-11(9-10)14(15,16)17/h3,5-6,9,12,18-20H,4,7-8H2,1-2H3. The molecule has 0 aliphatic carbocycles. The lowest BCUT2D eigenvalue weighted by molar-refractivity contribution is -0.137. The molecule has 120 valence electrons. The molecule has 3 N–H and O–H groups in total. The van der Waals surface area contributed by atoms with Crippen molar-refractivity contribution in [1.29, 1.82) is 0 Å².